The van der Waals surface area contributed by atoms with E-state index in [9.17, 15) is 18.0 Å². The molecule has 0 aliphatic carbocycles. The number of carbonyl (C=O) groups is 1. The number of aliphatic imine (C=N–C) groups is 1. The van der Waals surface area contributed by atoms with Crippen molar-refractivity contribution in [1.29, 1.82) is 0 Å². The number of carboxylic acids is 1. The van der Waals surface area contributed by atoms with E-state index in [0.29, 0.717) is 13.0 Å². The summed E-state index contributed by atoms with van der Waals surface area (Å²) in [5, 5.41) is 11.9. The minimum atomic E-state index is -4.74. The van der Waals surface area contributed by atoms with Gasteiger partial charge in [-0.05, 0) is 43.5 Å². The van der Waals surface area contributed by atoms with Crippen LogP contribution in [0.1, 0.15) is 30.9 Å². The van der Waals surface area contributed by atoms with Crippen molar-refractivity contribution >= 4 is 11.8 Å². The number of nitrogens with two attached hydrogens (primary N) is 1. The predicted molar refractivity (Wildman–Crippen MR) is 106 cm³/mol. The number of hydrogen-bond acceptors (Lipinski definition) is 6. The van der Waals surface area contributed by atoms with Crippen molar-refractivity contribution in [1.82, 2.24) is 5.32 Å². The Bertz CT molecular complexity index is 837. The van der Waals surface area contributed by atoms with Gasteiger partial charge >= 0.3 is 12.3 Å². The normalized spacial score (nSPS) is 20.1. The molecule has 0 spiro atoms. The molecule has 1 aromatic carbocycles. The van der Waals surface area contributed by atoms with Gasteiger partial charge in [0.1, 0.15) is 17.3 Å². The molecule has 1 heterocycles. The van der Waals surface area contributed by atoms with E-state index in [2.05, 4.69) is 21.6 Å². The van der Waals surface area contributed by atoms with Crippen molar-refractivity contribution in [3.05, 3.63) is 54.1 Å². The Labute approximate surface area is 177 Å². The van der Waals surface area contributed by atoms with Crippen LogP contribution in [0.15, 0.2) is 53.5 Å². The fraction of sp³-hybridized carbons (Fsp3) is 0.400. The Hall–Kier alpha value is -3.21. The second-order valence-electron chi connectivity index (χ2n) is 6.68. The molecule has 170 valence electrons. The van der Waals surface area contributed by atoms with Gasteiger partial charge in [-0.2, -0.15) is 4.99 Å². The zero-order chi connectivity index (χ0) is 23.0. The third-order valence-electron chi connectivity index (χ3n) is 4.37. The zero-order valence-corrected chi connectivity index (χ0v) is 16.8. The number of nitrogens with zero attached hydrogens (tertiary/aromatic N) is 1. The van der Waals surface area contributed by atoms with Gasteiger partial charge in [0.15, 0.2) is 0 Å². The van der Waals surface area contributed by atoms with Crippen LogP contribution in [0.4, 0.5) is 13.2 Å². The second kappa shape index (κ2) is 10.7. The molecule has 0 unspecified atom stereocenters. The highest BCUT2D eigenvalue weighted by molar-refractivity contribution is 6.00. The molecular weight excluding hydrogens is 419 g/mol. The Morgan fingerprint density at radius 3 is 2.65 bits per heavy atom. The summed E-state index contributed by atoms with van der Waals surface area (Å²) >= 11 is 0. The minimum Gasteiger partial charge on any atom is -0.481 e. The van der Waals surface area contributed by atoms with Crippen LogP contribution in [0.5, 0.6) is 5.75 Å². The molecule has 1 saturated heterocycles. The van der Waals surface area contributed by atoms with Gasteiger partial charge in [0.25, 0.3) is 0 Å². The molecule has 31 heavy (non-hydrogen) atoms. The minimum absolute atomic E-state index is 0.0561. The van der Waals surface area contributed by atoms with Crippen LogP contribution in [-0.4, -0.2) is 43.0 Å². The van der Waals surface area contributed by atoms with Gasteiger partial charge in [-0.15, -0.1) is 13.2 Å². The number of aliphatic carboxylic acids is 1. The summed E-state index contributed by atoms with van der Waals surface area (Å²) in [5.41, 5.74) is 5.76. The zero-order valence-electron chi connectivity index (χ0n) is 16.8. The van der Waals surface area contributed by atoms with Gasteiger partial charge < -0.3 is 30.4 Å². The molecule has 2 atom stereocenters. The largest absolute Gasteiger partial charge is 0.573 e. The van der Waals surface area contributed by atoms with Crippen LogP contribution in [0, 0.1) is 0 Å². The lowest BCUT2D eigenvalue weighted by Gasteiger charge is -2.31. The summed E-state index contributed by atoms with van der Waals surface area (Å²) in [4.78, 5) is 15.0. The number of amidine groups is 1. The van der Waals surface area contributed by atoms with Crippen LogP contribution in [0.25, 0.3) is 0 Å². The van der Waals surface area contributed by atoms with Gasteiger partial charge in [0, 0.05) is 12.6 Å². The van der Waals surface area contributed by atoms with Crippen molar-refractivity contribution in [3.63, 3.8) is 0 Å². The average Bonchev–Trinajstić information content (AvgIpc) is 2.71. The monoisotopic (exact) mass is 443 g/mol. The fourth-order valence-electron chi connectivity index (χ4n) is 2.91. The highest BCUT2D eigenvalue weighted by Crippen LogP contribution is 2.32. The smallest absolute Gasteiger partial charge is 0.481 e. The summed E-state index contributed by atoms with van der Waals surface area (Å²) in [6, 6.07) is 5.56. The summed E-state index contributed by atoms with van der Waals surface area (Å²) in [6.45, 7) is 3.86. The molecule has 0 bridgehead atoms. The number of nitrogens with one attached hydrogen (secondary N) is 1. The molecule has 4 N–H and O–H groups in total. The molecular formula is C20H24F3N3O5. The van der Waals surface area contributed by atoms with E-state index >= 15 is 0 Å². The molecule has 8 nitrogen and oxygen atoms in total. The Morgan fingerprint density at radius 2 is 2.06 bits per heavy atom. The molecule has 11 heteroatoms. The van der Waals surface area contributed by atoms with Gasteiger partial charge in [-0.1, -0.05) is 12.1 Å². The maximum absolute atomic E-state index is 12.3. The fourth-order valence-corrected chi connectivity index (χ4v) is 2.91. The lowest BCUT2D eigenvalue weighted by Crippen LogP contribution is -2.36. The molecule has 2 rings (SSSR count). The number of benzene rings is 1. The third kappa shape index (κ3) is 8.21. The maximum atomic E-state index is 12.3. The molecule has 1 aliphatic rings. The van der Waals surface area contributed by atoms with E-state index in [-0.39, 0.29) is 29.7 Å². The molecule has 1 fully saturated rings. The number of alkyl halides is 3. The van der Waals surface area contributed by atoms with E-state index in [1.54, 1.807) is 0 Å². The Morgan fingerprint density at radius 1 is 1.39 bits per heavy atom. The molecule has 0 saturated carbocycles. The van der Waals surface area contributed by atoms with Gasteiger partial charge in [0.05, 0.1) is 19.3 Å². The first-order chi connectivity index (χ1) is 14.6. The molecule has 0 amide bonds. The van der Waals surface area contributed by atoms with E-state index in [1.807, 2.05) is 0 Å². The van der Waals surface area contributed by atoms with Crippen LogP contribution >= 0.6 is 0 Å². The van der Waals surface area contributed by atoms with Gasteiger partial charge in [-0.3, -0.25) is 0 Å². The highest BCUT2D eigenvalue weighted by atomic mass is 19.4. The van der Waals surface area contributed by atoms with Gasteiger partial charge in [-0.25, -0.2) is 4.79 Å². The summed E-state index contributed by atoms with van der Waals surface area (Å²) < 4.78 is 51.7. The van der Waals surface area contributed by atoms with E-state index in [1.165, 1.54) is 31.4 Å². The van der Waals surface area contributed by atoms with Gasteiger partial charge in [0.2, 0.25) is 5.88 Å². The first-order valence-electron chi connectivity index (χ1n) is 9.34. The Kier molecular flexibility index (Phi) is 8.31. The van der Waals surface area contributed by atoms with Crippen LogP contribution in [0.2, 0.25) is 0 Å². The summed E-state index contributed by atoms with van der Waals surface area (Å²) in [5.74, 6) is -1.40. The number of carboxylic acid groups (broad SMARTS) is 1. The number of halogens is 3. The number of hydrogen-bond donors (Lipinski definition) is 3. The van der Waals surface area contributed by atoms with Crippen LogP contribution in [0.3, 0.4) is 0 Å². The van der Waals surface area contributed by atoms with E-state index in [4.69, 9.17) is 20.3 Å². The van der Waals surface area contributed by atoms with Crippen molar-refractivity contribution in [2.45, 2.75) is 37.8 Å². The van der Waals surface area contributed by atoms with Crippen molar-refractivity contribution in [2.24, 2.45) is 10.7 Å². The number of ether oxygens (including phenoxy) is 3. The maximum Gasteiger partial charge on any atom is 0.573 e. The summed E-state index contributed by atoms with van der Waals surface area (Å²) in [7, 11) is 1.37. The molecule has 0 aromatic heterocycles. The first kappa shape index (κ1) is 24.1. The first-order valence-corrected chi connectivity index (χ1v) is 9.34. The topological polar surface area (TPSA) is 115 Å². The van der Waals surface area contributed by atoms with Crippen LogP contribution in [-0.2, 0) is 14.3 Å². The third-order valence-corrected chi connectivity index (χ3v) is 4.37. The number of rotatable bonds is 8. The predicted octanol–water partition coefficient (Wildman–Crippen LogP) is 3.23. The molecule has 0 radical (unpaired) electrons. The van der Waals surface area contributed by atoms with E-state index < -0.39 is 18.0 Å². The lowest BCUT2D eigenvalue weighted by molar-refractivity contribution is -0.274. The van der Waals surface area contributed by atoms with Crippen molar-refractivity contribution < 1.29 is 37.3 Å². The standard InChI is InChI=1S/C20H24F3N3O5/c1-12(29-2)26-18(10-16(24)19(27)28)25-11-15-4-3-5-17(30-15)13-6-8-14(9-7-13)31-20(21,22)23/h6-10,15,17H,1,3-5,11,24H2,2H3,(H,25,26)(H,27,28)/b16-10-/t15-,17+/m1/s1. The van der Waals surface area contributed by atoms with E-state index in [0.717, 1.165) is 24.5 Å². The quantitative estimate of drug-likeness (QED) is 0.245. The average molecular weight is 443 g/mol. The van der Waals surface area contributed by atoms with Crippen molar-refractivity contribution in [2.75, 3.05) is 13.7 Å². The van der Waals surface area contributed by atoms with Crippen molar-refractivity contribution in [3.8, 4) is 5.75 Å². The molecule has 1 aliphatic heterocycles. The lowest BCUT2D eigenvalue weighted by atomic mass is 9.98. The van der Waals surface area contributed by atoms with Crippen LogP contribution < -0.4 is 15.8 Å². The Balaban J connectivity index is 2.01. The molecule has 1 aromatic rings. The SMILES string of the molecule is C=C(/N=C(\C=C(/N)C(=O)O)NC[C@H]1CCC[C@@H](c2ccc(OC(F)(F)F)cc2)O1)OC. The number of methoxy groups -OCH3 is 1. The second-order valence-corrected chi connectivity index (χ2v) is 6.68. The highest BCUT2D eigenvalue weighted by Gasteiger charge is 2.31. The summed E-state index contributed by atoms with van der Waals surface area (Å²) in [6.07, 6.45) is -1.86.